The molecule has 0 heterocycles. The van der Waals surface area contributed by atoms with E-state index in [0.717, 1.165) is 17.8 Å². The third-order valence-corrected chi connectivity index (χ3v) is 4.47. The Morgan fingerprint density at radius 2 is 1.58 bits per heavy atom. The smallest absolute Gasteiger partial charge is 0.123 e. The lowest BCUT2D eigenvalue weighted by molar-refractivity contribution is 0.244. The fraction of sp³-hybridized carbons (Fsp3) is 0.478. The van der Waals surface area contributed by atoms with E-state index in [0.29, 0.717) is 0 Å². The van der Waals surface area contributed by atoms with Crippen LogP contribution in [0.15, 0.2) is 67.3 Å². The zero-order valence-electron chi connectivity index (χ0n) is 16.0. The van der Waals surface area contributed by atoms with Crippen LogP contribution in [0.3, 0.4) is 0 Å². The van der Waals surface area contributed by atoms with E-state index in [1.807, 2.05) is 26.0 Å². The van der Waals surface area contributed by atoms with Gasteiger partial charge in [0.25, 0.3) is 0 Å². The van der Waals surface area contributed by atoms with E-state index in [1.165, 1.54) is 43.4 Å². The van der Waals surface area contributed by atoms with Crippen molar-refractivity contribution in [1.29, 1.82) is 0 Å². The second-order valence-corrected chi connectivity index (χ2v) is 6.26. The van der Waals surface area contributed by atoms with Gasteiger partial charge in [0.15, 0.2) is 0 Å². The highest BCUT2D eigenvalue weighted by molar-refractivity contribution is 5.24. The van der Waals surface area contributed by atoms with Gasteiger partial charge in [0, 0.05) is 0 Å². The molecule has 0 aliphatic heterocycles. The summed E-state index contributed by atoms with van der Waals surface area (Å²) in [6, 6.07) is 7.94. The fourth-order valence-corrected chi connectivity index (χ4v) is 3.04. The molecule has 1 aromatic rings. The van der Waals surface area contributed by atoms with Crippen molar-refractivity contribution in [2.24, 2.45) is 17.8 Å². The third kappa shape index (κ3) is 8.86. The summed E-state index contributed by atoms with van der Waals surface area (Å²) in [6.07, 6.45) is 11.4. The first kappa shape index (κ1) is 22.4. The van der Waals surface area contributed by atoms with E-state index < -0.39 is 0 Å². The summed E-state index contributed by atoms with van der Waals surface area (Å²) >= 11 is 0. The molecular weight excluding hydrogens is 295 g/mol. The van der Waals surface area contributed by atoms with Crippen LogP contribution in [0.2, 0.25) is 0 Å². The maximum Gasteiger partial charge on any atom is 0.123 e. The van der Waals surface area contributed by atoms with Crippen LogP contribution in [0.4, 0.5) is 4.39 Å². The van der Waals surface area contributed by atoms with Gasteiger partial charge in [-0.1, -0.05) is 77.3 Å². The Bertz CT molecular complexity index is 462. The highest BCUT2D eigenvalue weighted by atomic mass is 19.1. The summed E-state index contributed by atoms with van der Waals surface area (Å²) in [7, 11) is 0. The van der Waals surface area contributed by atoms with Crippen molar-refractivity contribution in [3.05, 3.63) is 73.1 Å². The molecule has 0 N–H and O–H groups in total. The molecule has 1 heteroatoms. The first-order chi connectivity index (χ1) is 11.6. The van der Waals surface area contributed by atoms with E-state index in [-0.39, 0.29) is 5.82 Å². The zero-order chi connectivity index (χ0) is 18.4. The van der Waals surface area contributed by atoms with E-state index in [2.05, 4.69) is 33.1 Å². The van der Waals surface area contributed by atoms with Crippen molar-refractivity contribution in [2.45, 2.75) is 53.4 Å². The summed E-state index contributed by atoms with van der Waals surface area (Å²) in [4.78, 5) is 0. The lowest BCUT2D eigenvalue weighted by Gasteiger charge is -2.31. The Morgan fingerprint density at radius 3 is 1.92 bits per heavy atom. The van der Waals surface area contributed by atoms with Crippen LogP contribution in [0, 0.1) is 23.6 Å². The van der Waals surface area contributed by atoms with Crippen molar-refractivity contribution < 1.29 is 4.39 Å². The summed E-state index contributed by atoms with van der Waals surface area (Å²) in [5.74, 6) is 2.34. The first-order valence-corrected chi connectivity index (χ1v) is 9.24. The van der Waals surface area contributed by atoms with Gasteiger partial charge >= 0.3 is 0 Å². The van der Waals surface area contributed by atoms with Crippen LogP contribution in [0.1, 0.15) is 53.4 Å². The van der Waals surface area contributed by atoms with Crippen LogP contribution < -0.4 is 0 Å². The van der Waals surface area contributed by atoms with Crippen molar-refractivity contribution in [2.75, 3.05) is 0 Å². The van der Waals surface area contributed by atoms with Gasteiger partial charge in [-0.25, -0.2) is 4.39 Å². The summed E-state index contributed by atoms with van der Waals surface area (Å²) < 4.78 is 11.9. The molecule has 0 nitrogen and oxygen atoms in total. The van der Waals surface area contributed by atoms with Gasteiger partial charge in [0.05, 0.1) is 0 Å². The number of hydrogen-bond acceptors (Lipinski definition) is 0. The molecule has 1 fully saturated rings. The minimum Gasteiger partial charge on any atom is -0.207 e. The zero-order valence-corrected chi connectivity index (χ0v) is 16.0. The molecule has 134 valence electrons. The van der Waals surface area contributed by atoms with Gasteiger partial charge in [-0.05, 0) is 61.1 Å². The maximum atomic E-state index is 11.9. The quantitative estimate of drug-likeness (QED) is 0.499. The molecule has 0 radical (unpaired) electrons. The molecule has 0 amide bonds. The van der Waals surface area contributed by atoms with Crippen molar-refractivity contribution in [3.63, 3.8) is 0 Å². The average Bonchev–Trinajstić information content (AvgIpc) is 2.63. The molecule has 1 aromatic carbocycles. The molecule has 1 aliphatic carbocycles. The van der Waals surface area contributed by atoms with Crippen LogP contribution in [0.5, 0.6) is 0 Å². The summed E-state index contributed by atoms with van der Waals surface area (Å²) in [5.41, 5.74) is 1.38. The standard InChI is InChI=1S/C15H24.C6H5F.C2H6/c1-5-7-13(6-2)15-10-8-14(9-11-15)12(3)4;7-6-4-2-1-3-5-6;1-2/h5-7,12,14-15H,1-2,8-11H2,3-4H3;1-5H;1-2H3/b13-7+;;. The van der Waals surface area contributed by atoms with Gasteiger partial charge < -0.3 is 0 Å². The third-order valence-electron chi connectivity index (χ3n) is 4.47. The van der Waals surface area contributed by atoms with E-state index in [9.17, 15) is 4.39 Å². The molecule has 0 bridgehead atoms. The second kappa shape index (κ2) is 13.8. The van der Waals surface area contributed by atoms with Crippen LogP contribution in [-0.2, 0) is 0 Å². The molecule has 24 heavy (non-hydrogen) atoms. The molecule has 0 saturated heterocycles. The minimum atomic E-state index is -0.178. The van der Waals surface area contributed by atoms with Gasteiger partial charge in [-0.3, -0.25) is 0 Å². The fourth-order valence-electron chi connectivity index (χ4n) is 3.04. The SMILES string of the molecule is C=C/C=C(\C=C)C1CCC(C(C)C)CC1.CC.Fc1ccccc1. The topological polar surface area (TPSA) is 0 Å². The number of hydrogen-bond donors (Lipinski definition) is 0. The Balaban J connectivity index is 0.000000488. The number of rotatable bonds is 4. The Kier molecular flexibility index (Phi) is 12.8. The van der Waals surface area contributed by atoms with E-state index in [1.54, 1.807) is 18.2 Å². The first-order valence-electron chi connectivity index (χ1n) is 9.24. The Labute approximate surface area is 149 Å². The number of benzene rings is 1. The number of allylic oxidation sites excluding steroid dienone is 4. The van der Waals surface area contributed by atoms with Crippen molar-refractivity contribution in [3.8, 4) is 0 Å². The summed E-state index contributed by atoms with van der Waals surface area (Å²) in [5, 5.41) is 0. The normalized spacial score (nSPS) is 20.2. The molecule has 0 aromatic heterocycles. The lowest BCUT2D eigenvalue weighted by atomic mass is 9.74. The molecule has 0 spiro atoms. The van der Waals surface area contributed by atoms with Crippen molar-refractivity contribution >= 4 is 0 Å². The summed E-state index contributed by atoms with van der Waals surface area (Å²) in [6.45, 7) is 16.3. The number of halogens is 1. The van der Waals surface area contributed by atoms with Gasteiger partial charge in [0.1, 0.15) is 5.82 Å². The average molecular weight is 331 g/mol. The molecule has 1 saturated carbocycles. The highest BCUT2D eigenvalue weighted by Gasteiger charge is 2.24. The maximum absolute atomic E-state index is 11.9. The molecular formula is C23H35F. The lowest BCUT2D eigenvalue weighted by Crippen LogP contribution is -2.19. The van der Waals surface area contributed by atoms with Crippen LogP contribution in [0.25, 0.3) is 0 Å². The highest BCUT2D eigenvalue weighted by Crippen LogP contribution is 2.36. The van der Waals surface area contributed by atoms with Gasteiger partial charge in [-0.15, -0.1) is 0 Å². The molecule has 0 unspecified atom stereocenters. The van der Waals surface area contributed by atoms with E-state index in [4.69, 9.17) is 0 Å². The molecule has 1 aliphatic rings. The van der Waals surface area contributed by atoms with Crippen LogP contribution >= 0.6 is 0 Å². The predicted octanol–water partition coefficient (Wildman–Crippen LogP) is 7.60. The molecule has 2 rings (SSSR count). The minimum absolute atomic E-state index is 0.178. The van der Waals surface area contributed by atoms with Gasteiger partial charge in [0.2, 0.25) is 0 Å². The predicted molar refractivity (Wildman–Crippen MR) is 107 cm³/mol. The van der Waals surface area contributed by atoms with Crippen LogP contribution in [-0.4, -0.2) is 0 Å². The van der Waals surface area contributed by atoms with Gasteiger partial charge in [-0.2, -0.15) is 0 Å². The van der Waals surface area contributed by atoms with Crippen molar-refractivity contribution in [1.82, 2.24) is 0 Å². The second-order valence-electron chi connectivity index (χ2n) is 6.26. The molecule has 0 atom stereocenters. The Morgan fingerprint density at radius 1 is 1.04 bits per heavy atom. The monoisotopic (exact) mass is 330 g/mol. The Hall–Kier alpha value is -1.63. The van der Waals surface area contributed by atoms with E-state index >= 15 is 0 Å². The largest absolute Gasteiger partial charge is 0.207 e.